The van der Waals surface area contributed by atoms with Crippen LogP contribution in [0.15, 0.2) is 0 Å². The first-order valence-corrected chi connectivity index (χ1v) is 6.43. The summed E-state index contributed by atoms with van der Waals surface area (Å²) in [5.74, 6) is 0.00897. The maximum atomic E-state index is 11.7. The lowest BCUT2D eigenvalue weighted by molar-refractivity contribution is -0.123. The SMILES string of the molecule is COCCCNC(=O)CN1CCOC(C(N)=S)C1. The molecule has 1 aliphatic rings. The zero-order valence-electron chi connectivity index (χ0n) is 10.7. The molecule has 1 aliphatic heterocycles. The Balaban J connectivity index is 2.20. The van der Waals surface area contributed by atoms with E-state index in [2.05, 4.69) is 5.32 Å². The summed E-state index contributed by atoms with van der Waals surface area (Å²) >= 11 is 4.89. The third-order valence-electron chi connectivity index (χ3n) is 2.68. The standard InChI is InChI=1S/C11H21N3O3S/c1-16-5-2-3-13-10(15)8-14-4-6-17-9(7-14)11(12)18/h9H,2-8H2,1H3,(H2,12,18)(H,13,15). The first-order chi connectivity index (χ1) is 8.63. The Morgan fingerprint density at radius 1 is 1.67 bits per heavy atom. The van der Waals surface area contributed by atoms with E-state index in [0.717, 1.165) is 13.0 Å². The topological polar surface area (TPSA) is 76.8 Å². The largest absolute Gasteiger partial charge is 0.391 e. The molecule has 0 spiro atoms. The molecule has 1 amide bonds. The molecule has 1 atom stereocenters. The second kappa shape index (κ2) is 8.36. The number of morpholine rings is 1. The van der Waals surface area contributed by atoms with Crippen LogP contribution in [0.1, 0.15) is 6.42 Å². The van der Waals surface area contributed by atoms with Crippen molar-refractivity contribution in [1.82, 2.24) is 10.2 Å². The molecule has 0 radical (unpaired) electrons. The van der Waals surface area contributed by atoms with E-state index in [0.29, 0.717) is 37.8 Å². The molecule has 104 valence electrons. The molecular weight excluding hydrogens is 254 g/mol. The average molecular weight is 275 g/mol. The average Bonchev–Trinajstić information content (AvgIpc) is 2.35. The van der Waals surface area contributed by atoms with Gasteiger partial charge in [-0.1, -0.05) is 12.2 Å². The smallest absolute Gasteiger partial charge is 0.234 e. The van der Waals surface area contributed by atoms with Crippen LogP contribution >= 0.6 is 12.2 Å². The molecule has 6 nitrogen and oxygen atoms in total. The predicted octanol–water partition coefficient (Wildman–Crippen LogP) is -0.874. The van der Waals surface area contributed by atoms with Gasteiger partial charge < -0.3 is 20.5 Å². The zero-order valence-corrected chi connectivity index (χ0v) is 11.5. The molecule has 18 heavy (non-hydrogen) atoms. The van der Waals surface area contributed by atoms with Crippen molar-refractivity contribution in [3.63, 3.8) is 0 Å². The molecule has 0 aromatic carbocycles. The van der Waals surface area contributed by atoms with Crippen LogP contribution < -0.4 is 11.1 Å². The molecule has 7 heteroatoms. The number of methoxy groups -OCH3 is 1. The Morgan fingerprint density at radius 3 is 3.11 bits per heavy atom. The van der Waals surface area contributed by atoms with E-state index in [1.807, 2.05) is 4.90 Å². The number of amides is 1. The van der Waals surface area contributed by atoms with Crippen molar-refractivity contribution in [2.45, 2.75) is 12.5 Å². The highest BCUT2D eigenvalue weighted by Gasteiger charge is 2.23. The lowest BCUT2D eigenvalue weighted by Gasteiger charge is -2.31. The van der Waals surface area contributed by atoms with Crippen molar-refractivity contribution in [1.29, 1.82) is 0 Å². The zero-order chi connectivity index (χ0) is 13.4. The molecule has 1 rings (SSSR count). The Bertz CT molecular complexity index is 289. The summed E-state index contributed by atoms with van der Waals surface area (Å²) in [5.41, 5.74) is 5.54. The summed E-state index contributed by atoms with van der Waals surface area (Å²) in [6.45, 7) is 3.51. The number of nitrogens with two attached hydrogens (primary N) is 1. The second-order valence-electron chi connectivity index (χ2n) is 4.19. The summed E-state index contributed by atoms with van der Waals surface area (Å²) in [6, 6.07) is 0. The van der Waals surface area contributed by atoms with Crippen LogP contribution in [-0.4, -0.2) is 68.4 Å². The van der Waals surface area contributed by atoms with E-state index in [1.165, 1.54) is 0 Å². The second-order valence-corrected chi connectivity index (χ2v) is 4.66. The number of carbonyl (C=O) groups is 1. The first-order valence-electron chi connectivity index (χ1n) is 6.02. The van der Waals surface area contributed by atoms with Gasteiger partial charge in [-0.3, -0.25) is 9.69 Å². The van der Waals surface area contributed by atoms with Crippen LogP contribution in [0.5, 0.6) is 0 Å². The van der Waals surface area contributed by atoms with Crippen LogP contribution in [-0.2, 0) is 14.3 Å². The first kappa shape index (κ1) is 15.3. The maximum absolute atomic E-state index is 11.7. The van der Waals surface area contributed by atoms with E-state index in [1.54, 1.807) is 7.11 Å². The summed E-state index contributed by atoms with van der Waals surface area (Å²) < 4.78 is 10.3. The molecule has 1 heterocycles. The Labute approximate surface area is 113 Å². The number of nitrogens with zero attached hydrogens (tertiary/aromatic N) is 1. The summed E-state index contributed by atoms with van der Waals surface area (Å²) in [5, 5.41) is 2.84. The minimum absolute atomic E-state index is 0.00897. The molecule has 0 aromatic heterocycles. The van der Waals surface area contributed by atoms with E-state index in [-0.39, 0.29) is 12.0 Å². The normalized spacial score (nSPS) is 20.6. The van der Waals surface area contributed by atoms with Gasteiger partial charge in [0, 0.05) is 33.4 Å². The van der Waals surface area contributed by atoms with Gasteiger partial charge in [0.25, 0.3) is 0 Å². The van der Waals surface area contributed by atoms with Crippen LogP contribution in [0.3, 0.4) is 0 Å². The fraction of sp³-hybridized carbons (Fsp3) is 0.818. The van der Waals surface area contributed by atoms with E-state index >= 15 is 0 Å². The predicted molar refractivity (Wildman–Crippen MR) is 72.5 cm³/mol. The molecular formula is C11H21N3O3S. The minimum atomic E-state index is -0.241. The highest BCUT2D eigenvalue weighted by Crippen LogP contribution is 2.04. The maximum Gasteiger partial charge on any atom is 0.234 e. The summed E-state index contributed by atoms with van der Waals surface area (Å²) in [7, 11) is 1.64. The number of hydrogen-bond acceptors (Lipinski definition) is 5. The molecule has 0 aromatic rings. The molecule has 3 N–H and O–H groups in total. The van der Waals surface area contributed by atoms with Gasteiger partial charge in [-0.15, -0.1) is 0 Å². The Kier molecular flexibility index (Phi) is 7.11. The highest BCUT2D eigenvalue weighted by atomic mass is 32.1. The number of hydrogen-bond donors (Lipinski definition) is 2. The number of thiocarbonyl (C=S) groups is 1. The summed E-state index contributed by atoms with van der Waals surface area (Å²) in [4.78, 5) is 14.0. The van der Waals surface area contributed by atoms with Gasteiger partial charge >= 0.3 is 0 Å². The highest BCUT2D eigenvalue weighted by molar-refractivity contribution is 7.80. The van der Waals surface area contributed by atoms with Crippen LogP contribution in [0.25, 0.3) is 0 Å². The van der Waals surface area contributed by atoms with Crippen molar-refractivity contribution in [3.8, 4) is 0 Å². The fourth-order valence-corrected chi connectivity index (χ4v) is 1.86. The van der Waals surface area contributed by atoms with E-state index < -0.39 is 0 Å². The van der Waals surface area contributed by atoms with Gasteiger partial charge in [-0.2, -0.15) is 0 Å². The molecule has 1 fully saturated rings. The number of carbonyl (C=O) groups excluding carboxylic acids is 1. The molecule has 1 saturated heterocycles. The van der Waals surface area contributed by atoms with Gasteiger partial charge in [0.15, 0.2) is 0 Å². The van der Waals surface area contributed by atoms with E-state index in [9.17, 15) is 4.79 Å². The van der Waals surface area contributed by atoms with Crippen molar-refractivity contribution < 1.29 is 14.3 Å². The van der Waals surface area contributed by atoms with Crippen molar-refractivity contribution in [3.05, 3.63) is 0 Å². The lowest BCUT2D eigenvalue weighted by atomic mass is 10.2. The molecule has 0 saturated carbocycles. The van der Waals surface area contributed by atoms with Gasteiger partial charge in [0.05, 0.1) is 13.2 Å². The van der Waals surface area contributed by atoms with Gasteiger partial charge in [-0.05, 0) is 6.42 Å². The monoisotopic (exact) mass is 275 g/mol. The third kappa shape index (κ3) is 5.72. The molecule has 0 bridgehead atoms. The Hall–Kier alpha value is -0.760. The lowest BCUT2D eigenvalue weighted by Crippen LogP contribution is -2.50. The Morgan fingerprint density at radius 2 is 2.44 bits per heavy atom. The van der Waals surface area contributed by atoms with Gasteiger partial charge in [0.1, 0.15) is 11.1 Å². The summed E-state index contributed by atoms with van der Waals surface area (Å²) in [6.07, 6.45) is 0.580. The van der Waals surface area contributed by atoms with Gasteiger partial charge in [0.2, 0.25) is 5.91 Å². The number of rotatable bonds is 7. The van der Waals surface area contributed by atoms with E-state index in [4.69, 9.17) is 27.4 Å². The molecule has 1 unspecified atom stereocenters. The fourth-order valence-electron chi connectivity index (χ4n) is 1.72. The quantitative estimate of drug-likeness (QED) is 0.464. The van der Waals surface area contributed by atoms with Crippen molar-refractivity contribution >= 4 is 23.1 Å². The number of ether oxygens (including phenoxy) is 2. The van der Waals surface area contributed by atoms with Crippen molar-refractivity contribution in [2.75, 3.05) is 46.5 Å². The van der Waals surface area contributed by atoms with Crippen LogP contribution in [0.2, 0.25) is 0 Å². The number of nitrogens with one attached hydrogen (secondary N) is 1. The van der Waals surface area contributed by atoms with Crippen LogP contribution in [0, 0.1) is 0 Å². The van der Waals surface area contributed by atoms with Crippen molar-refractivity contribution in [2.24, 2.45) is 5.73 Å². The molecule has 0 aliphatic carbocycles. The third-order valence-corrected chi connectivity index (χ3v) is 2.95. The van der Waals surface area contributed by atoms with Crippen LogP contribution in [0.4, 0.5) is 0 Å². The van der Waals surface area contributed by atoms with Gasteiger partial charge in [-0.25, -0.2) is 0 Å². The minimum Gasteiger partial charge on any atom is -0.391 e.